The molecule has 0 aliphatic heterocycles. The lowest BCUT2D eigenvalue weighted by molar-refractivity contribution is -0.683. The molecule has 0 bridgehead atoms. The number of hydrogen-bond donors (Lipinski definition) is 1. The number of unbranched alkanes of at least 4 members (excludes halogenated alkanes) is 11. The zero-order chi connectivity index (χ0) is 30.9. The second-order valence-electron chi connectivity index (χ2n) is 12.8. The zero-order valence-corrected chi connectivity index (χ0v) is 30.3. The van der Waals surface area contributed by atoms with Crippen molar-refractivity contribution in [2.45, 2.75) is 123 Å². The minimum atomic E-state index is -0.126. The molecule has 0 atom stereocenters. The van der Waals surface area contributed by atoms with Gasteiger partial charge in [-0.05, 0) is 41.2 Å². The Bertz CT molecular complexity index is 1190. The molecule has 1 aromatic heterocycles. The maximum Gasteiger partial charge on any atom is 0.321 e. The number of carbonyl (C=O) groups excluding carboxylic acids is 1. The van der Waals surface area contributed by atoms with E-state index in [1.54, 1.807) is 23.3 Å². The van der Waals surface area contributed by atoms with Crippen molar-refractivity contribution < 1.29 is 31.1 Å². The third kappa shape index (κ3) is 13.3. The molecule has 0 aliphatic carbocycles. The third-order valence-corrected chi connectivity index (χ3v) is 8.72. The molecule has 7 heteroatoms. The Morgan fingerprint density at radius 3 is 2.00 bits per heavy atom. The van der Waals surface area contributed by atoms with Crippen LogP contribution in [0.25, 0.3) is 0 Å². The highest BCUT2D eigenvalue weighted by Crippen LogP contribution is 2.33. The Kier molecular flexibility index (Phi) is 17.7. The van der Waals surface area contributed by atoms with Gasteiger partial charge in [0.25, 0.3) is 0 Å². The number of nitrogens with zero attached hydrogens (tertiary/aromatic N) is 2. The summed E-state index contributed by atoms with van der Waals surface area (Å²) >= 11 is 1.68. The Morgan fingerprint density at radius 1 is 0.864 bits per heavy atom. The average Bonchev–Trinajstić information content (AvgIpc) is 3.51. The Labute approximate surface area is 282 Å². The fourth-order valence-electron chi connectivity index (χ4n) is 5.47. The van der Waals surface area contributed by atoms with Crippen LogP contribution in [-0.4, -0.2) is 19.7 Å². The predicted molar refractivity (Wildman–Crippen MR) is 182 cm³/mol. The Balaban J connectivity index is 0.00000675. The minimum Gasteiger partial charge on any atom is -1.00 e. The highest BCUT2D eigenvalue weighted by Gasteiger charge is 2.21. The van der Waals surface area contributed by atoms with Gasteiger partial charge in [-0.15, -0.1) is 0 Å². The third-order valence-electron chi connectivity index (χ3n) is 8.05. The van der Waals surface area contributed by atoms with Crippen LogP contribution in [0.5, 0.6) is 5.75 Å². The number of halogens is 1. The smallest absolute Gasteiger partial charge is 0.321 e. The van der Waals surface area contributed by atoms with E-state index in [-0.39, 0.29) is 28.4 Å². The van der Waals surface area contributed by atoms with Gasteiger partial charge in [0.15, 0.2) is 12.7 Å². The summed E-state index contributed by atoms with van der Waals surface area (Å²) < 4.78 is 8.57. The number of carbonyl (C=O) groups is 1. The molecule has 3 aromatic rings. The van der Waals surface area contributed by atoms with E-state index in [1.807, 2.05) is 12.1 Å². The van der Waals surface area contributed by atoms with Gasteiger partial charge in [-0.2, -0.15) is 4.57 Å². The first-order chi connectivity index (χ1) is 20.8. The second kappa shape index (κ2) is 20.6. The monoisotopic (exact) mass is 685 g/mol. The highest BCUT2D eigenvalue weighted by molar-refractivity contribution is 7.07. The normalized spacial score (nSPS) is 11.2. The van der Waals surface area contributed by atoms with E-state index < -0.39 is 0 Å². The number of aromatic nitrogens is 1. The van der Waals surface area contributed by atoms with Crippen molar-refractivity contribution in [3.63, 3.8) is 0 Å². The number of nitrogens with one attached hydrogen (secondary N) is 1. The molecule has 0 aliphatic rings. The van der Waals surface area contributed by atoms with Gasteiger partial charge in [0.2, 0.25) is 5.51 Å². The summed E-state index contributed by atoms with van der Waals surface area (Å²) in [5.41, 5.74) is 6.41. The zero-order valence-electron chi connectivity index (χ0n) is 27.9. The summed E-state index contributed by atoms with van der Waals surface area (Å²) in [6.07, 6.45) is 18.1. The van der Waals surface area contributed by atoms with E-state index in [9.17, 15) is 4.79 Å². The maximum absolute atomic E-state index is 13.0. The molecule has 0 saturated heterocycles. The molecule has 2 amide bonds. The molecule has 2 aromatic carbocycles. The number of hydrogen-bond acceptors (Lipinski definition) is 3. The van der Waals surface area contributed by atoms with Crippen LogP contribution in [0.2, 0.25) is 0 Å². The van der Waals surface area contributed by atoms with Crippen molar-refractivity contribution in [2.75, 3.05) is 18.6 Å². The van der Waals surface area contributed by atoms with Gasteiger partial charge >= 0.3 is 6.03 Å². The molecular weight excluding hydrogens is 630 g/mol. The molecule has 0 spiro atoms. The Morgan fingerprint density at radius 2 is 1.45 bits per heavy atom. The fraction of sp³-hybridized carbons (Fsp3) is 0.568. The Hall–Kier alpha value is -2.38. The minimum absolute atomic E-state index is 0. The molecule has 0 unspecified atom stereocenters. The van der Waals surface area contributed by atoms with E-state index in [1.165, 1.54) is 81.8 Å². The number of urea groups is 1. The van der Waals surface area contributed by atoms with Gasteiger partial charge in [0.1, 0.15) is 5.75 Å². The lowest BCUT2D eigenvalue weighted by Crippen LogP contribution is -3.00. The summed E-state index contributed by atoms with van der Waals surface area (Å²) in [6.45, 7) is 11.0. The van der Waals surface area contributed by atoms with Crippen LogP contribution >= 0.6 is 11.3 Å². The van der Waals surface area contributed by atoms with Gasteiger partial charge < -0.3 is 27.0 Å². The quantitative estimate of drug-likeness (QED) is 0.111. The molecule has 1 heterocycles. The largest absolute Gasteiger partial charge is 1.00 e. The molecule has 5 nitrogen and oxygen atoms in total. The fourth-order valence-corrected chi connectivity index (χ4v) is 6.07. The van der Waals surface area contributed by atoms with Crippen LogP contribution in [0.1, 0.15) is 121 Å². The predicted octanol–water partition coefficient (Wildman–Crippen LogP) is 6.81. The van der Waals surface area contributed by atoms with E-state index in [2.05, 4.69) is 85.0 Å². The highest BCUT2D eigenvalue weighted by atomic mass is 79.9. The van der Waals surface area contributed by atoms with Crippen LogP contribution in [0.15, 0.2) is 59.6 Å². The number of benzene rings is 2. The van der Waals surface area contributed by atoms with Crippen molar-refractivity contribution in [2.24, 2.45) is 0 Å². The first kappa shape index (κ1) is 37.8. The SMILES string of the molecule is CCCCCCCCCCCCCCOc1cc(CN(C(=O)NC)c2ccc(C[n+]3ccsc3)cc2)ccc1C(C)(C)C.[Br-]. The van der Waals surface area contributed by atoms with Crippen molar-refractivity contribution in [3.05, 3.63) is 76.2 Å². The van der Waals surface area contributed by atoms with Gasteiger partial charge in [0, 0.05) is 18.3 Å². The number of thiazole rings is 1. The maximum atomic E-state index is 13.0. The summed E-state index contributed by atoms with van der Waals surface area (Å²) in [4.78, 5) is 14.8. The van der Waals surface area contributed by atoms with Crippen LogP contribution in [0.3, 0.4) is 0 Å². The first-order valence-electron chi connectivity index (χ1n) is 16.6. The summed E-state index contributed by atoms with van der Waals surface area (Å²) in [5, 5.41) is 4.89. The van der Waals surface area contributed by atoms with Crippen molar-refractivity contribution in [1.29, 1.82) is 0 Å². The van der Waals surface area contributed by atoms with Gasteiger partial charge in [-0.25, -0.2) is 4.79 Å². The second-order valence-corrected chi connectivity index (χ2v) is 13.6. The van der Waals surface area contributed by atoms with E-state index in [0.717, 1.165) is 36.6 Å². The van der Waals surface area contributed by atoms with Gasteiger partial charge in [0.05, 0.1) is 18.5 Å². The first-order valence-corrected chi connectivity index (χ1v) is 17.5. The van der Waals surface area contributed by atoms with E-state index >= 15 is 0 Å². The lowest BCUT2D eigenvalue weighted by Gasteiger charge is -2.26. The van der Waals surface area contributed by atoms with Crippen molar-refractivity contribution in [3.8, 4) is 5.75 Å². The standard InChI is InChI=1S/C37H55N3O2S.BrH/c1-6-7-8-9-10-11-12-13-14-15-16-17-25-42-35-27-32(20-23-34(35)37(2,3)4)29-40(36(41)38-5)33-21-18-31(19-22-33)28-39-24-26-43-30-39;/h18-24,26-27,30H,6-17,25,28-29H2,1-5H3;1H. The van der Waals surface area contributed by atoms with Crippen LogP contribution < -0.4 is 36.5 Å². The van der Waals surface area contributed by atoms with E-state index in [0.29, 0.717) is 6.54 Å². The molecule has 0 saturated carbocycles. The van der Waals surface area contributed by atoms with Crippen LogP contribution in [0.4, 0.5) is 10.5 Å². The summed E-state index contributed by atoms with van der Waals surface area (Å²) in [7, 11) is 1.68. The van der Waals surface area contributed by atoms with Crippen molar-refractivity contribution in [1.82, 2.24) is 5.32 Å². The summed E-state index contributed by atoms with van der Waals surface area (Å²) in [5.74, 6) is 0.938. The van der Waals surface area contributed by atoms with Crippen molar-refractivity contribution >= 4 is 23.1 Å². The molecule has 0 radical (unpaired) electrons. The molecule has 244 valence electrons. The number of amides is 2. The topological polar surface area (TPSA) is 45.5 Å². The van der Waals surface area contributed by atoms with Crippen LogP contribution in [-0.2, 0) is 18.5 Å². The van der Waals surface area contributed by atoms with E-state index in [4.69, 9.17) is 4.74 Å². The average molecular weight is 687 g/mol. The number of ether oxygens (including phenoxy) is 1. The van der Waals surface area contributed by atoms with Gasteiger partial charge in [-0.3, -0.25) is 4.90 Å². The molecule has 0 fully saturated rings. The van der Waals surface area contributed by atoms with Crippen LogP contribution in [0, 0.1) is 0 Å². The molecular formula is C37H56BrN3O2S. The molecule has 3 rings (SSSR count). The number of rotatable bonds is 19. The molecule has 1 N–H and O–H groups in total. The van der Waals surface area contributed by atoms with Gasteiger partial charge in [-0.1, -0.05) is 134 Å². The number of anilines is 1. The lowest BCUT2D eigenvalue weighted by atomic mass is 9.85. The molecule has 44 heavy (non-hydrogen) atoms. The summed E-state index contributed by atoms with van der Waals surface area (Å²) in [6, 6.07) is 14.6.